The lowest BCUT2D eigenvalue weighted by atomic mass is 9.97. The number of carbonyl (C=O) groups is 1. The van der Waals surface area contributed by atoms with Crippen LogP contribution in [-0.4, -0.2) is 38.8 Å². The van der Waals surface area contributed by atoms with Crippen molar-refractivity contribution in [3.8, 4) is 0 Å². The maximum Gasteiger partial charge on any atom is 0.223 e. The van der Waals surface area contributed by atoms with Gasteiger partial charge in [-0.25, -0.2) is 0 Å². The van der Waals surface area contributed by atoms with Crippen molar-refractivity contribution < 1.29 is 9.53 Å². The Hall–Kier alpha value is -0.320. The second-order valence-corrected chi connectivity index (χ2v) is 4.63. The lowest BCUT2D eigenvalue weighted by Crippen LogP contribution is -2.38. The predicted molar refractivity (Wildman–Crippen MR) is 76.2 cm³/mol. The van der Waals surface area contributed by atoms with E-state index in [0.29, 0.717) is 0 Å². The van der Waals surface area contributed by atoms with E-state index in [4.69, 9.17) is 4.74 Å². The van der Waals surface area contributed by atoms with E-state index in [1.165, 1.54) is 6.42 Å². The highest BCUT2D eigenvalue weighted by molar-refractivity contribution is 5.85. The molecule has 1 heterocycles. The van der Waals surface area contributed by atoms with Crippen molar-refractivity contribution >= 4 is 18.3 Å². The minimum absolute atomic E-state index is 0. The van der Waals surface area contributed by atoms with Gasteiger partial charge in [0.05, 0.1) is 0 Å². The number of nitrogens with one attached hydrogen (secondary N) is 2. The fourth-order valence-corrected chi connectivity index (χ4v) is 1.96. The summed E-state index contributed by atoms with van der Waals surface area (Å²) in [5, 5.41) is 6.26. The van der Waals surface area contributed by atoms with Gasteiger partial charge in [0.15, 0.2) is 0 Å². The first-order chi connectivity index (χ1) is 8.34. The number of halogens is 1. The zero-order valence-corrected chi connectivity index (χ0v) is 12.2. The van der Waals surface area contributed by atoms with E-state index in [1.807, 2.05) is 0 Å². The Morgan fingerprint density at radius 3 is 2.61 bits per heavy atom. The van der Waals surface area contributed by atoms with Gasteiger partial charge < -0.3 is 15.4 Å². The van der Waals surface area contributed by atoms with Crippen LogP contribution in [0.3, 0.4) is 0 Å². The first-order valence-electron chi connectivity index (χ1n) is 6.90. The van der Waals surface area contributed by atoms with Gasteiger partial charge in [-0.05, 0) is 38.8 Å². The molecule has 5 heteroatoms. The Kier molecular flexibility index (Phi) is 11.5. The van der Waals surface area contributed by atoms with Crippen LogP contribution in [0.4, 0.5) is 0 Å². The molecule has 108 valence electrons. The Morgan fingerprint density at radius 1 is 1.28 bits per heavy atom. The molecule has 1 aliphatic heterocycles. The van der Waals surface area contributed by atoms with Crippen LogP contribution in [0.5, 0.6) is 0 Å². The molecule has 0 spiro atoms. The first kappa shape index (κ1) is 17.7. The first-order valence-corrected chi connectivity index (χ1v) is 6.90. The molecule has 1 rings (SSSR count). The van der Waals surface area contributed by atoms with Crippen LogP contribution in [0.15, 0.2) is 0 Å². The summed E-state index contributed by atoms with van der Waals surface area (Å²) in [6.45, 7) is 6.44. The molecule has 0 bridgehead atoms. The molecule has 1 amide bonds. The molecule has 1 saturated heterocycles. The van der Waals surface area contributed by atoms with E-state index >= 15 is 0 Å². The molecule has 0 aromatic carbocycles. The minimum atomic E-state index is 0. The summed E-state index contributed by atoms with van der Waals surface area (Å²) in [5.74, 6) is 0.442. The van der Waals surface area contributed by atoms with E-state index in [-0.39, 0.29) is 24.2 Å². The number of rotatable bonds is 8. The number of ether oxygens (including phenoxy) is 1. The third-order valence-electron chi connectivity index (χ3n) is 3.12. The summed E-state index contributed by atoms with van der Waals surface area (Å²) in [5.41, 5.74) is 0. The van der Waals surface area contributed by atoms with Crippen molar-refractivity contribution in [2.75, 3.05) is 32.8 Å². The van der Waals surface area contributed by atoms with Gasteiger partial charge in [-0.15, -0.1) is 12.4 Å². The molecule has 0 atom stereocenters. The van der Waals surface area contributed by atoms with Crippen LogP contribution < -0.4 is 10.6 Å². The van der Waals surface area contributed by atoms with Crippen molar-refractivity contribution in [2.45, 2.75) is 39.0 Å². The van der Waals surface area contributed by atoms with Gasteiger partial charge >= 0.3 is 0 Å². The molecule has 1 aliphatic rings. The highest BCUT2D eigenvalue weighted by atomic mass is 35.5. The number of hydrogen-bond donors (Lipinski definition) is 2. The van der Waals surface area contributed by atoms with Crippen LogP contribution in [0.25, 0.3) is 0 Å². The van der Waals surface area contributed by atoms with Crippen LogP contribution in [-0.2, 0) is 9.53 Å². The molecule has 4 nitrogen and oxygen atoms in total. The fraction of sp³-hybridized carbons (Fsp3) is 0.923. The van der Waals surface area contributed by atoms with Crippen LogP contribution in [0.1, 0.15) is 39.0 Å². The SMILES string of the molecule is CCCCOCCCNC(=O)C1CCNCC1.Cl. The number of carbonyl (C=O) groups excluding carboxylic acids is 1. The Balaban J connectivity index is 0.00000289. The highest BCUT2D eigenvalue weighted by Gasteiger charge is 2.19. The Labute approximate surface area is 117 Å². The summed E-state index contributed by atoms with van der Waals surface area (Å²) >= 11 is 0. The lowest BCUT2D eigenvalue weighted by Gasteiger charge is -2.21. The van der Waals surface area contributed by atoms with E-state index in [1.54, 1.807) is 0 Å². The van der Waals surface area contributed by atoms with Gasteiger partial charge in [-0.1, -0.05) is 13.3 Å². The topological polar surface area (TPSA) is 50.4 Å². The molecule has 18 heavy (non-hydrogen) atoms. The van der Waals surface area contributed by atoms with E-state index in [9.17, 15) is 4.79 Å². The molecule has 1 fully saturated rings. The summed E-state index contributed by atoms with van der Waals surface area (Å²) in [4.78, 5) is 11.8. The Bertz CT molecular complexity index is 209. The van der Waals surface area contributed by atoms with Crippen molar-refractivity contribution in [1.82, 2.24) is 10.6 Å². The standard InChI is InChI=1S/C13H26N2O2.ClH/c1-2-3-10-17-11-4-7-15-13(16)12-5-8-14-9-6-12;/h12,14H,2-11H2,1H3,(H,15,16);1H. The number of hydrogen-bond acceptors (Lipinski definition) is 3. The third kappa shape index (κ3) is 7.90. The predicted octanol–water partition coefficient (Wildman–Crippen LogP) is 1.73. The normalized spacial score (nSPS) is 16.1. The van der Waals surface area contributed by atoms with Gasteiger partial charge in [0.1, 0.15) is 0 Å². The average Bonchev–Trinajstić information content (AvgIpc) is 2.38. The molecule has 2 N–H and O–H groups in total. The Morgan fingerprint density at radius 2 is 1.94 bits per heavy atom. The minimum Gasteiger partial charge on any atom is -0.381 e. The van der Waals surface area contributed by atoms with Gasteiger partial charge in [0.2, 0.25) is 5.91 Å². The highest BCUT2D eigenvalue weighted by Crippen LogP contribution is 2.10. The third-order valence-corrected chi connectivity index (χ3v) is 3.12. The summed E-state index contributed by atoms with van der Waals surface area (Å²) in [6, 6.07) is 0. The van der Waals surface area contributed by atoms with E-state index in [2.05, 4.69) is 17.6 Å². The summed E-state index contributed by atoms with van der Waals surface area (Å²) in [6.07, 6.45) is 5.16. The molecular weight excluding hydrogens is 252 g/mol. The summed E-state index contributed by atoms with van der Waals surface area (Å²) < 4.78 is 5.44. The number of amides is 1. The maximum atomic E-state index is 11.8. The smallest absolute Gasteiger partial charge is 0.223 e. The number of unbranched alkanes of at least 4 members (excludes halogenated alkanes) is 1. The van der Waals surface area contributed by atoms with Crippen LogP contribution in [0, 0.1) is 5.92 Å². The van der Waals surface area contributed by atoms with Crippen molar-refractivity contribution in [2.24, 2.45) is 5.92 Å². The van der Waals surface area contributed by atoms with Crippen LogP contribution >= 0.6 is 12.4 Å². The molecule has 0 aromatic rings. The molecule has 0 aliphatic carbocycles. The van der Waals surface area contributed by atoms with Crippen LogP contribution in [0.2, 0.25) is 0 Å². The summed E-state index contributed by atoms with van der Waals surface area (Å²) in [7, 11) is 0. The second-order valence-electron chi connectivity index (χ2n) is 4.63. The monoisotopic (exact) mass is 278 g/mol. The van der Waals surface area contributed by atoms with Gasteiger partial charge in [-0.2, -0.15) is 0 Å². The molecule has 0 unspecified atom stereocenters. The fourth-order valence-electron chi connectivity index (χ4n) is 1.96. The van der Waals surface area contributed by atoms with E-state index < -0.39 is 0 Å². The molecule has 0 aromatic heterocycles. The van der Waals surface area contributed by atoms with Gasteiger partial charge in [0.25, 0.3) is 0 Å². The quantitative estimate of drug-likeness (QED) is 0.665. The lowest BCUT2D eigenvalue weighted by molar-refractivity contribution is -0.125. The van der Waals surface area contributed by atoms with E-state index in [0.717, 1.165) is 58.5 Å². The van der Waals surface area contributed by atoms with Crippen molar-refractivity contribution in [1.29, 1.82) is 0 Å². The second kappa shape index (κ2) is 11.8. The van der Waals surface area contributed by atoms with Crippen molar-refractivity contribution in [3.63, 3.8) is 0 Å². The molecular formula is C13H27ClN2O2. The molecule has 0 radical (unpaired) electrons. The number of piperidine rings is 1. The molecule has 0 saturated carbocycles. The average molecular weight is 279 g/mol. The zero-order chi connectivity index (χ0) is 12.3. The zero-order valence-electron chi connectivity index (χ0n) is 11.4. The maximum absolute atomic E-state index is 11.8. The largest absolute Gasteiger partial charge is 0.381 e. The van der Waals surface area contributed by atoms with Gasteiger partial charge in [-0.3, -0.25) is 4.79 Å². The van der Waals surface area contributed by atoms with Gasteiger partial charge in [0, 0.05) is 25.7 Å². The van der Waals surface area contributed by atoms with Crippen molar-refractivity contribution in [3.05, 3.63) is 0 Å².